The van der Waals surface area contributed by atoms with Crippen molar-refractivity contribution in [2.24, 2.45) is 0 Å². The molecule has 0 saturated carbocycles. The van der Waals surface area contributed by atoms with E-state index in [0.29, 0.717) is 35.5 Å². The average Bonchev–Trinajstić information content (AvgIpc) is 3.20. The average molecular weight is 438 g/mol. The molecule has 0 saturated heterocycles. The van der Waals surface area contributed by atoms with E-state index in [-0.39, 0.29) is 24.0 Å². The van der Waals surface area contributed by atoms with Crippen LogP contribution in [0, 0.1) is 24.0 Å². The Hall–Kier alpha value is -3.70. The number of aromatic nitrogens is 3. The maximum absolute atomic E-state index is 12.6. The Morgan fingerprint density at radius 1 is 1.13 bits per heavy atom. The first kappa shape index (κ1) is 22.0. The first-order valence-electron chi connectivity index (χ1n) is 9.03. The van der Waals surface area contributed by atoms with E-state index < -0.39 is 17.0 Å². The Bertz CT molecular complexity index is 1040. The van der Waals surface area contributed by atoms with E-state index in [9.17, 15) is 23.3 Å². The van der Waals surface area contributed by atoms with Crippen molar-refractivity contribution >= 4 is 5.69 Å². The zero-order valence-corrected chi connectivity index (χ0v) is 16.5. The van der Waals surface area contributed by atoms with Crippen LogP contribution in [0.5, 0.6) is 11.6 Å². The highest BCUT2D eigenvalue weighted by Gasteiger charge is 2.38. The molecule has 31 heavy (non-hydrogen) atoms. The number of aryl methyl sites for hydroxylation is 2. The van der Waals surface area contributed by atoms with Gasteiger partial charge in [-0.3, -0.25) is 10.1 Å². The molecule has 0 aliphatic carbocycles. The summed E-state index contributed by atoms with van der Waals surface area (Å²) in [6, 6.07) is 5.94. The third-order valence-corrected chi connectivity index (χ3v) is 4.10. The first-order chi connectivity index (χ1) is 14.6. The molecule has 0 N–H and O–H groups in total. The summed E-state index contributed by atoms with van der Waals surface area (Å²) >= 11 is 0. The molecule has 0 aliphatic heterocycles. The lowest BCUT2D eigenvalue weighted by Gasteiger charge is -2.13. The van der Waals surface area contributed by atoms with Gasteiger partial charge in [0.05, 0.1) is 18.1 Å². The van der Waals surface area contributed by atoms with Crippen molar-refractivity contribution in [1.82, 2.24) is 15.1 Å². The normalized spacial score (nSPS) is 11.4. The highest BCUT2D eigenvalue weighted by atomic mass is 19.4. The van der Waals surface area contributed by atoms with Crippen LogP contribution in [0.25, 0.3) is 11.4 Å². The van der Waals surface area contributed by atoms with E-state index in [1.807, 2.05) is 0 Å². The highest BCUT2D eigenvalue weighted by Crippen LogP contribution is 2.32. The van der Waals surface area contributed by atoms with Gasteiger partial charge in [0, 0.05) is 24.1 Å². The quantitative estimate of drug-likeness (QED) is 0.286. The minimum atomic E-state index is -4.70. The van der Waals surface area contributed by atoms with Crippen LogP contribution in [-0.4, -0.2) is 33.3 Å². The predicted molar refractivity (Wildman–Crippen MR) is 101 cm³/mol. The van der Waals surface area contributed by atoms with Crippen molar-refractivity contribution < 1.29 is 32.1 Å². The number of hydrogen-bond donors (Lipinski definition) is 0. The molecule has 2 aromatic heterocycles. The molecule has 3 aromatic rings. The molecule has 1 aromatic carbocycles. The summed E-state index contributed by atoms with van der Waals surface area (Å²) in [5, 5.41) is 14.0. The van der Waals surface area contributed by atoms with E-state index in [2.05, 4.69) is 19.6 Å². The second-order valence-corrected chi connectivity index (χ2v) is 6.52. The molecule has 0 atom stereocenters. The molecule has 0 spiro atoms. The molecule has 3 rings (SSSR count). The lowest BCUT2D eigenvalue weighted by molar-refractivity contribution is -0.385. The summed E-state index contributed by atoms with van der Waals surface area (Å²) in [6.07, 6.45) is -3.08. The van der Waals surface area contributed by atoms with Crippen molar-refractivity contribution in [2.75, 3.05) is 13.2 Å². The Morgan fingerprint density at radius 3 is 2.35 bits per heavy atom. The Balaban J connectivity index is 1.55. The number of benzene rings is 1. The van der Waals surface area contributed by atoms with Crippen LogP contribution in [0.15, 0.2) is 35.0 Å². The van der Waals surface area contributed by atoms with Crippen molar-refractivity contribution in [3.63, 3.8) is 0 Å². The third kappa shape index (κ3) is 5.47. The summed E-state index contributed by atoms with van der Waals surface area (Å²) in [5.41, 5.74) is 1.66. The number of hydrogen-bond acceptors (Lipinski definition) is 8. The van der Waals surface area contributed by atoms with Gasteiger partial charge >= 0.3 is 12.1 Å². The molecule has 0 amide bonds. The number of halogens is 3. The molecule has 12 heteroatoms. The zero-order valence-electron chi connectivity index (χ0n) is 16.5. The topological polar surface area (TPSA) is 113 Å². The summed E-state index contributed by atoms with van der Waals surface area (Å²) in [5.74, 6) is -0.702. The monoisotopic (exact) mass is 438 g/mol. The molecule has 0 unspecified atom stereocenters. The molecule has 0 fully saturated rings. The van der Waals surface area contributed by atoms with Gasteiger partial charge in [-0.25, -0.2) is 4.98 Å². The van der Waals surface area contributed by atoms with Crippen LogP contribution in [-0.2, 0) is 6.18 Å². The van der Waals surface area contributed by atoms with E-state index in [4.69, 9.17) is 9.47 Å². The minimum Gasteiger partial charge on any atom is -0.493 e. The SMILES string of the molecule is Cc1cc(-c2noc(C(F)(F)F)n2)cc(C)c1OCCCOc1ccc([N+](=O)[O-])cn1. The summed E-state index contributed by atoms with van der Waals surface area (Å²) in [4.78, 5) is 17.3. The minimum absolute atomic E-state index is 0.125. The predicted octanol–water partition coefficient (Wildman–Crippen LogP) is 4.52. The number of ether oxygens (including phenoxy) is 2. The molecule has 0 aliphatic rings. The van der Waals surface area contributed by atoms with Crippen LogP contribution < -0.4 is 9.47 Å². The molecule has 2 heterocycles. The van der Waals surface area contributed by atoms with Gasteiger partial charge in [0.15, 0.2) is 0 Å². The van der Waals surface area contributed by atoms with Crippen molar-refractivity contribution in [1.29, 1.82) is 0 Å². The molecule has 9 nitrogen and oxygen atoms in total. The fourth-order valence-electron chi connectivity index (χ4n) is 2.74. The van der Waals surface area contributed by atoms with Gasteiger partial charge in [-0.15, -0.1) is 0 Å². The fraction of sp³-hybridized carbons (Fsp3) is 0.316. The van der Waals surface area contributed by atoms with Gasteiger partial charge in [-0.2, -0.15) is 18.2 Å². The lowest BCUT2D eigenvalue weighted by atomic mass is 10.1. The van der Waals surface area contributed by atoms with Crippen molar-refractivity contribution in [3.8, 4) is 23.0 Å². The Morgan fingerprint density at radius 2 is 1.81 bits per heavy atom. The van der Waals surface area contributed by atoms with E-state index in [0.717, 1.165) is 6.20 Å². The van der Waals surface area contributed by atoms with Crippen LogP contribution in [0.1, 0.15) is 23.4 Å². The fourth-order valence-corrected chi connectivity index (χ4v) is 2.74. The van der Waals surface area contributed by atoms with Crippen molar-refractivity contribution in [3.05, 3.63) is 57.6 Å². The van der Waals surface area contributed by atoms with Crippen LogP contribution >= 0.6 is 0 Å². The summed E-state index contributed by atoms with van der Waals surface area (Å²) < 4.78 is 53.4. The van der Waals surface area contributed by atoms with Gasteiger partial charge in [0.2, 0.25) is 11.7 Å². The smallest absolute Gasteiger partial charge is 0.471 e. The second kappa shape index (κ2) is 8.98. The maximum atomic E-state index is 12.6. The maximum Gasteiger partial charge on any atom is 0.471 e. The van der Waals surface area contributed by atoms with E-state index >= 15 is 0 Å². The lowest BCUT2D eigenvalue weighted by Crippen LogP contribution is -2.07. The zero-order chi connectivity index (χ0) is 22.6. The van der Waals surface area contributed by atoms with Gasteiger partial charge in [-0.05, 0) is 37.1 Å². The number of nitro groups is 1. The van der Waals surface area contributed by atoms with Crippen LogP contribution in [0.3, 0.4) is 0 Å². The number of alkyl halides is 3. The van der Waals surface area contributed by atoms with Crippen LogP contribution in [0.2, 0.25) is 0 Å². The van der Waals surface area contributed by atoms with Crippen molar-refractivity contribution in [2.45, 2.75) is 26.4 Å². The molecule has 0 bridgehead atoms. The second-order valence-electron chi connectivity index (χ2n) is 6.52. The van der Waals surface area contributed by atoms with Gasteiger partial charge in [0.1, 0.15) is 11.9 Å². The number of rotatable bonds is 8. The van der Waals surface area contributed by atoms with Gasteiger partial charge < -0.3 is 14.0 Å². The molecule has 0 radical (unpaired) electrons. The van der Waals surface area contributed by atoms with Crippen LogP contribution in [0.4, 0.5) is 18.9 Å². The standard InChI is InChI=1S/C19H17F3N4O5/c1-11-8-13(17-24-18(31-25-17)19(20,21)22)9-12(2)16(11)30-7-3-6-29-15-5-4-14(10-23-15)26(27)28/h4-5,8-10H,3,6-7H2,1-2H3. The van der Waals surface area contributed by atoms with E-state index in [1.54, 1.807) is 26.0 Å². The largest absolute Gasteiger partial charge is 0.493 e. The third-order valence-electron chi connectivity index (χ3n) is 4.10. The first-order valence-corrected chi connectivity index (χ1v) is 9.03. The summed E-state index contributed by atoms with van der Waals surface area (Å²) in [7, 11) is 0. The summed E-state index contributed by atoms with van der Waals surface area (Å²) in [6.45, 7) is 4.11. The molecular formula is C19H17F3N4O5. The van der Waals surface area contributed by atoms with Gasteiger partial charge in [-0.1, -0.05) is 5.16 Å². The van der Waals surface area contributed by atoms with E-state index in [1.165, 1.54) is 12.1 Å². The Kier molecular flexibility index (Phi) is 6.37. The number of nitrogens with zero attached hydrogens (tertiary/aromatic N) is 4. The van der Waals surface area contributed by atoms with Gasteiger partial charge in [0.25, 0.3) is 5.69 Å². The highest BCUT2D eigenvalue weighted by molar-refractivity contribution is 5.61. The Labute approximate surface area is 174 Å². The number of pyridine rings is 1. The molecule has 164 valence electrons. The molecular weight excluding hydrogens is 421 g/mol.